The van der Waals surface area contributed by atoms with Crippen LogP contribution in [0.1, 0.15) is 48.9 Å². The zero-order valence-corrected chi connectivity index (χ0v) is 17.5. The maximum Gasteiger partial charge on any atom is 0.253 e. The quantitative estimate of drug-likeness (QED) is 0.679. The fourth-order valence-corrected chi connectivity index (χ4v) is 3.87. The zero-order chi connectivity index (χ0) is 20.4. The lowest BCUT2D eigenvalue weighted by Gasteiger charge is -2.28. The van der Waals surface area contributed by atoms with E-state index >= 15 is 0 Å². The normalized spacial score (nSPS) is 21.6. The largest absolute Gasteiger partial charge is 0.477 e. The summed E-state index contributed by atoms with van der Waals surface area (Å²) in [6, 6.07) is 6.84. The van der Waals surface area contributed by atoms with Gasteiger partial charge in [-0.25, -0.2) is 4.98 Å². The number of nitrogens with zero attached hydrogens (tertiary/aromatic N) is 1. The van der Waals surface area contributed by atoms with Crippen molar-refractivity contribution >= 4 is 29.1 Å². The summed E-state index contributed by atoms with van der Waals surface area (Å²) >= 11 is 12.3. The second-order valence-electron chi connectivity index (χ2n) is 7.89. The number of halogens is 2. The molecular formula is C22H24Cl2N2O3. The molecule has 2 atom stereocenters. The van der Waals surface area contributed by atoms with Crippen LogP contribution in [0.2, 0.25) is 10.0 Å². The first-order valence-electron chi connectivity index (χ1n) is 10.1. The number of carbonyl (C=O) groups is 1. The Morgan fingerprint density at radius 1 is 1.14 bits per heavy atom. The van der Waals surface area contributed by atoms with Gasteiger partial charge in [0.15, 0.2) is 0 Å². The molecule has 1 aromatic carbocycles. The highest BCUT2D eigenvalue weighted by Crippen LogP contribution is 2.35. The van der Waals surface area contributed by atoms with Crippen LogP contribution in [0.25, 0.3) is 11.1 Å². The number of aromatic nitrogens is 1. The summed E-state index contributed by atoms with van der Waals surface area (Å²) in [5, 5.41) is 14.0. The van der Waals surface area contributed by atoms with E-state index in [0.29, 0.717) is 46.0 Å². The van der Waals surface area contributed by atoms with Crippen molar-refractivity contribution in [2.24, 2.45) is 5.92 Å². The topological polar surface area (TPSA) is 71.5 Å². The van der Waals surface area contributed by atoms with Gasteiger partial charge in [-0.2, -0.15) is 0 Å². The van der Waals surface area contributed by atoms with E-state index in [1.807, 2.05) is 6.07 Å². The Balaban J connectivity index is 1.60. The van der Waals surface area contributed by atoms with E-state index in [9.17, 15) is 9.90 Å². The highest BCUT2D eigenvalue weighted by Gasteiger charge is 2.26. The number of hydrogen-bond acceptors (Lipinski definition) is 4. The first-order chi connectivity index (χ1) is 14.0. The third-order valence-corrected chi connectivity index (χ3v) is 6.28. The number of nitrogens with one attached hydrogen (secondary N) is 1. The van der Waals surface area contributed by atoms with Gasteiger partial charge in [0.2, 0.25) is 5.88 Å². The lowest BCUT2D eigenvalue weighted by atomic mass is 9.92. The molecule has 0 aliphatic heterocycles. The lowest BCUT2D eigenvalue weighted by Crippen LogP contribution is -2.45. The molecule has 2 fully saturated rings. The Morgan fingerprint density at radius 3 is 2.66 bits per heavy atom. The van der Waals surface area contributed by atoms with E-state index in [1.54, 1.807) is 18.2 Å². The van der Waals surface area contributed by atoms with Crippen molar-refractivity contribution in [3.8, 4) is 17.0 Å². The van der Waals surface area contributed by atoms with Crippen molar-refractivity contribution in [2.45, 2.75) is 50.7 Å². The third-order valence-electron chi connectivity index (χ3n) is 5.54. The van der Waals surface area contributed by atoms with Crippen LogP contribution >= 0.6 is 23.2 Å². The number of pyridine rings is 1. The van der Waals surface area contributed by atoms with Crippen molar-refractivity contribution in [2.75, 3.05) is 6.61 Å². The second-order valence-corrected chi connectivity index (χ2v) is 8.71. The van der Waals surface area contributed by atoms with Crippen LogP contribution in [0.15, 0.2) is 30.5 Å². The van der Waals surface area contributed by atoms with Crippen molar-refractivity contribution in [1.82, 2.24) is 10.3 Å². The highest BCUT2D eigenvalue weighted by molar-refractivity contribution is 6.42. The van der Waals surface area contributed by atoms with E-state index in [1.165, 1.54) is 19.0 Å². The van der Waals surface area contributed by atoms with E-state index < -0.39 is 6.10 Å². The molecule has 0 bridgehead atoms. The Hall–Kier alpha value is -1.82. The fraction of sp³-hybridized carbons (Fsp3) is 0.455. The van der Waals surface area contributed by atoms with Gasteiger partial charge in [0.25, 0.3) is 5.91 Å². The Morgan fingerprint density at radius 2 is 1.93 bits per heavy atom. The minimum Gasteiger partial charge on any atom is -0.477 e. The molecule has 0 radical (unpaired) electrons. The van der Waals surface area contributed by atoms with Gasteiger partial charge in [0.05, 0.1) is 34.4 Å². The number of aliphatic hydroxyl groups is 1. The van der Waals surface area contributed by atoms with Crippen LogP contribution in [0.4, 0.5) is 0 Å². The molecule has 1 aromatic heterocycles. The van der Waals surface area contributed by atoms with Gasteiger partial charge in [-0.15, -0.1) is 0 Å². The SMILES string of the molecule is O=C(N[C@@H]1CCCC[C@H]1O)c1cnc(OCC2CC2)c(-c2ccc(Cl)c(Cl)c2)c1. The molecule has 0 unspecified atom stereocenters. The number of carbonyl (C=O) groups excluding carboxylic acids is 1. The van der Waals surface area contributed by atoms with Gasteiger partial charge in [0.1, 0.15) is 0 Å². The summed E-state index contributed by atoms with van der Waals surface area (Å²) in [6.07, 6.45) is 6.85. The van der Waals surface area contributed by atoms with Gasteiger partial charge < -0.3 is 15.2 Å². The third kappa shape index (κ3) is 5.03. The minimum absolute atomic E-state index is 0.226. The van der Waals surface area contributed by atoms with E-state index in [4.69, 9.17) is 27.9 Å². The van der Waals surface area contributed by atoms with Gasteiger partial charge in [-0.1, -0.05) is 42.1 Å². The number of rotatable bonds is 6. The summed E-state index contributed by atoms with van der Waals surface area (Å²) in [4.78, 5) is 17.2. The maximum absolute atomic E-state index is 12.8. The summed E-state index contributed by atoms with van der Waals surface area (Å²) in [5.74, 6) is 0.803. The van der Waals surface area contributed by atoms with Crippen molar-refractivity contribution in [3.63, 3.8) is 0 Å². The number of aliphatic hydroxyl groups excluding tert-OH is 1. The summed E-state index contributed by atoms with van der Waals surface area (Å²) in [7, 11) is 0. The highest BCUT2D eigenvalue weighted by atomic mass is 35.5. The minimum atomic E-state index is -0.503. The average Bonchev–Trinajstić information content (AvgIpc) is 3.54. The number of ether oxygens (including phenoxy) is 1. The molecule has 0 saturated heterocycles. The molecule has 5 nitrogen and oxygen atoms in total. The van der Waals surface area contributed by atoms with Gasteiger partial charge >= 0.3 is 0 Å². The fourth-order valence-electron chi connectivity index (χ4n) is 3.57. The van der Waals surface area contributed by atoms with E-state index in [2.05, 4.69) is 10.3 Å². The molecule has 2 aromatic rings. The monoisotopic (exact) mass is 434 g/mol. The smallest absolute Gasteiger partial charge is 0.253 e. The molecule has 0 spiro atoms. The molecule has 1 heterocycles. The molecule has 2 aliphatic rings. The number of benzene rings is 1. The Bertz CT molecular complexity index is 902. The molecular weight excluding hydrogens is 411 g/mol. The van der Waals surface area contributed by atoms with E-state index in [0.717, 1.165) is 24.8 Å². The molecule has 1 amide bonds. The molecule has 2 aliphatic carbocycles. The van der Waals surface area contributed by atoms with Crippen molar-refractivity contribution < 1.29 is 14.6 Å². The first-order valence-corrected chi connectivity index (χ1v) is 10.8. The molecule has 7 heteroatoms. The van der Waals surface area contributed by atoms with Crippen LogP contribution in [0.5, 0.6) is 5.88 Å². The lowest BCUT2D eigenvalue weighted by molar-refractivity contribution is 0.0717. The van der Waals surface area contributed by atoms with Crippen LogP contribution in [0, 0.1) is 5.92 Å². The van der Waals surface area contributed by atoms with Gasteiger partial charge in [-0.05, 0) is 55.4 Å². The van der Waals surface area contributed by atoms with Crippen molar-refractivity contribution in [1.29, 1.82) is 0 Å². The van der Waals surface area contributed by atoms with E-state index in [-0.39, 0.29) is 11.9 Å². The Labute approximate surface area is 180 Å². The molecule has 2 N–H and O–H groups in total. The maximum atomic E-state index is 12.8. The Kier molecular flexibility index (Phi) is 6.28. The summed E-state index contributed by atoms with van der Waals surface area (Å²) in [6.45, 7) is 0.612. The predicted octanol–water partition coefficient (Wildman–Crippen LogP) is 4.88. The molecule has 154 valence electrons. The van der Waals surface area contributed by atoms with Gasteiger partial charge in [0, 0.05) is 11.8 Å². The number of hydrogen-bond donors (Lipinski definition) is 2. The zero-order valence-electron chi connectivity index (χ0n) is 16.0. The second kappa shape index (κ2) is 8.90. The molecule has 4 rings (SSSR count). The van der Waals surface area contributed by atoms with Crippen LogP contribution < -0.4 is 10.1 Å². The summed E-state index contributed by atoms with van der Waals surface area (Å²) < 4.78 is 5.93. The van der Waals surface area contributed by atoms with Gasteiger partial charge in [-0.3, -0.25) is 4.79 Å². The first kappa shape index (κ1) is 20.5. The van der Waals surface area contributed by atoms with Crippen LogP contribution in [-0.4, -0.2) is 34.8 Å². The number of amides is 1. The van der Waals surface area contributed by atoms with Crippen molar-refractivity contribution in [3.05, 3.63) is 46.1 Å². The van der Waals surface area contributed by atoms with Crippen LogP contribution in [-0.2, 0) is 0 Å². The van der Waals surface area contributed by atoms with Crippen LogP contribution in [0.3, 0.4) is 0 Å². The average molecular weight is 435 g/mol. The molecule has 29 heavy (non-hydrogen) atoms. The predicted molar refractivity (Wildman–Crippen MR) is 114 cm³/mol. The summed E-state index contributed by atoms with van der Waals surface area (Å²) in [5.41, 5.74) is 1.90. The standard InChI is InChI=1S/C22H24Cl2N2O3/c23-17-8-7-14(10-18(17)24)16-9-15(11-25-22(16)29-12-13-5-6-13)21(28)26-19-3-1-2-4-20(19)27/h7-11,13,19-20,27H,1-6,12H2,(H,26,28)/t19-,20-/m1/s1. The molecule has 2 saturated carbocycles.